The van der Waals surface area contributed by atoms with Crippen LogP contribution in [-0.2, 0) is 9.53 Å². The van der Waals surface area contributed by atoms with E-state index in [0.29, 0.717) is 17.8 Å². The molecule has 156 valence electrons. The Morgan fingerprint density at radius 3 is 2.77 bits per heavy atom. The van der Waals surface area contributed by atoms with Crippen molar-refractivity contribution in [1.29, 1.82) is 0 Å². The maximum Gasteiger partial charge on any atom is 0.357 e. The third-order valence-corrected chi connectivity index (χ3v) is 5.29. The number of likely N-dealkylation sites (N-methyl/N-ethyl adjacent to an activating group) is 1. The molecule has 1 unspecified atom stereocenters. The Hall–Kier alpha value is -3.69. The fourth-order valence-corrected chi connectivity index (χ4v) is 3.60. The van der Waals surface area contributed by atoms with Gasteiger partial charge in [0.2, 0.25) is 5.60 Å². The molecule has 1 saturated heterocycles. The molecule has 1 aliphatic heterocycles. The van der Waals surface area contributed by atoms with Gasteiger partial charge in [-0.25, -0.2) is 9.78 Å². The van der Waals surface area contributed by atoms with Crippen molar-refractivity contribution in [1.82, 2.24) is 9.88 Å². The molecule has 2 heterocycles. The zero-order chi connectivity index (χ0) is 22.0. The van der Waals surface area contributed by atoms with Gasteiger partial charge < -0.3 is 14.7 Å². The summed E-state index contributed by atoms with van der Waals surface area (Å²) in [5.41, 5.74) is 0.634. The number of esters is 1. The van der Waals surface area contributed by atoms with E-state index >= 15 is 0 Å². The monoisotopic (exact) mass is 414 g/mol. The van der Waals surface area contributed by atoms with E-state index in [-0.39, 0.29) is 24.6 Å². The third kappa shape index (κ3) is 4.00. The number of pyridine rings is 1. The predicted molar refractivity (Wildman–Crippen MR) is 117 cm³/mol. The lowest BCUT2D eigenvalue weighted by Gasteiger charge is -2.13. The average molecular weight is 414 g/mol. The highest BCUT2D eigenvalue weighted by Gasteiger charge is 2.42. The van der Waals surface area contributed by atoms with Gasteiger partial charge >= 0.3 is 5.97 Å². The van der Waals surface area contributed by atoms with Crippen molar-refractivity contribution < 1.29 is 19.4 Å². The fraction of sp³-hybridized carbons (Fsp3) is 0.240. The van der Waals surface area contributed by atoms with Crippen LogP contribution in [0, 0.1) is 11.8 Å². The van der Waals surface area contributed by atoms with Crippen LogP contribution in [0.25, 0.3) is 22.0 Å². The van der Waals surface area contributed by atoms with Crippen LogP contribution in [0.2, 0.25) is 0 Å². The minimum absolute atomic E-state index is 0.264. The molecule has 3 aromatic rings. The van der Waals surface area contributed by atoms with Gasteiger partial charge in [0.25, 0.3) is 5.91 Å². The molecule has 1 aromatic heterocycles. The number of nitrogens with zero attached hydrogens (tertiary/aromatic N) is 2. The van der Waals surface area contributed by atoms with E-state index in [1.807, 2.05) is 48.5 Å². The van der Waals surface area contributed by atoms with Crippen molar-refractivity contribution >= 4 is 22.6 Å². The summed E-state index contributed by atoms with van der Waals surface area (Å²) in [6, 6.07) is 16.8. The number of carbonyl (C=O) groups excluding carboxylic acids is 2. The average Bonchev–Trinajstić information content (AvgIpc) is 3.05. The normalized spacial score (nSPS) is 18.0. The summed E-state index contributed by atoms with van der Waals surface area (Å²) in [5.74, 6) is 4.79. The lowest BCUT2D eigenvalue weighted by atomic mass is 10.0. The van der Waals surface area contributed by atoms with Crippen LogP contribution in [0.1, 0.15) is 29.4 Å². The number of hydrogen-bond acceptors (Lipinski definition) is 5. The Kier molecular flexibility index (Phi) is 5.45. The van der Waals surface area contributed by atoms with E-state index in [2.05, 4.69) is 16.8 Å². The summed E-state index contributed by atoms with van der Waals surface area (Å²) in [4.78, 5) is 30.7. The van der Waals surface area contributed by atoms with Gasteiger partial charge in [0.05, 0.1) is 12.3 Å². The van der Waals surface area contributed by atoms with Gasteiger partial charge in [-0.05, 0) is 30.5 Å². The van der Waals surface area contributed by atoms with E-state index < -0.39 is 11.6 Å². The van der Waals surface area contributed by atoms with Gasteiger partial charge in [-0.3, -0.25) is 4.79 Å². The van der Waals surface area contributed by atoms with Crippen molar-refractivity contribution in [3.8, 4) is 23.1 Å². The number of hydrogen-bond donors (Lipinski definition) is 1. The molecule has 0 spiro atoms. The highest BCUT2D eigenvalue weighted by Crippen LogP contribution is 2.26. The molecule has 1 N–H and O–H groups in total. The van der Waals surface area contributed by atoms with Gasteiger partial charge in [0.15, 0.2) is 5.69 Å². The first-order chi connectivity index (χ1) is 14.9. The first-order valence-corrected chi connectivity index (χ1v) is 10.1. The number of aromatic nitrogens is 1. The molecule has 6 nitrogen and oxygen atoms in total. The van der Waals surface area contributed by atoms with Crippen LogP contribution in [0.3, 0.4) is 0 Å². The van der Waals surface area contributed by atoms with Crippen LogP contribution in [0.4, 0.5) is 0 Å². The van der Waals surface area contributed by atoms with Gasteiger partial charge in [0, 0.05) is 36.5 Å². The molecule has 0 bridgehead atoms. The molecular formula is C25H22N2O4. The van der Waals surface area contributed by atoms with E-state index in [1.54, 1.807) is 20.0 Å². The van der Waals surface area contributed by atoms with Crippen molar-refractivity contribution in [3.63, 3.8) is 0 Å². The minimum Gasteiger partial charge on any atom is -0.461 e. The smallest absolute Gasteiger partial charge is 0.357 e. The quantitative estimate of drug-likeness (QED) is 0.526. The van der Waals surface area contributed by atoms with E-state index in [4.69, 9.17) is 4.74 Å². The molecule has 1 atom stereocenters. The van der Waals surface area contributed by atoms with Crippen molar-refractivity contribution in [3.05, 3.63) is 65.9 Å². The van der Waals surface area contributed by atoms with Crippen LogP contribution >= 0.6 is 0 Å². The molecule has 0 saturated carbocycles. The maximum absolute atomic E-state index is 12.5. The largest absolute Gasteiger partial charge is 0.461 e. The number of fused-ring (bicyclic) bond motifs is 1. The Bertz CT molecular complexity index is 1240. The number of benzene rings is 2. The number of aliphatic hydroxyl groups is 1. The van der Waals surface area contributed by atoms with Crippen molar-refractivity contribution in [2.24, 2.45) is 0 Å². The summed E-state index contributed by atoms with van der Waals surface area (Å²) < 4.78 is 5.19. The minimum atomic E-state index is -1.65. The third-order valence-electron chi connectivity index (χ3n) is 5.29. The van der Waals surface area contributed by atoms with Gasteiger partial charge in [-0.2, -0.15) is 0 Å². The molecule has 4 rings (SSSR count). The predicted octanol–water partition coefficient (Wildman–Crippen LogP) is 3.02. The Labute approximate surface area is 180 Å². The number of carbonyl (C=O) groups is 2. The van der Waals surface area contributed by atoms with Crippen LogP contribution in [0.5, 0.6) is 0 Å². The highest BCUT2D eigenvalue weighted by atomic mass is 16.5. The topological polar surface area (TPSA) is 79.7 Å². The van der Waals surface area contributed by atoms with Gasteiger partial charge in [-0.15, -0.1) is 0 Å². The maximum atomic E-state index is 12.5. The van der Waals surface area contributed by atoms with Crippen LogP contribution in [-0.4, -0.2) is 52.7 Å². The molecule has 2 aromatic carbocycles. The summed E-state index contributed by atoms with van der Waals surface area (Å²) in [7, 11) is 1.65. The van der Waals surface area contributed by atoms with Crippen molar-refractivity contribution in [2.45, 2.75) is 18.9 Å². The SMILES string of the molecule is CCOC(=O)c1nc(-c2cccc(C#CC3(O)CCN(C)C3=O)c2)cc2ccccc12. The number of likely N-dealkylation sites (tertiary alicyclic amines) is 1. The van der Waals surface area contributed by atoms with E-state index in [9.17, 15) is 14.7 Å². The van der Waals surface area contributed by atoms with Crippen LogP contribution in [0.15, 0.2) is 54.6 Å². The van der Waals surface area contributed by atoms with Crippen molar-refractivity contribution in [2.75, 3.05) is 20.2 Å². The first kappa shape index (κ1) is 20.6. The molecule has 31 heavy (non-hydrogen) atoms. The molecule has 6 heteroatoms. The molecule has 1 fully saturated rings. The highest BCUT2D eigenvalue weighted by molar-refractivity contribution is 6.03. The lowest BCUT2D eigenvalue weighted by Crippen LogP contribution is -2.37. The standard InChI is InChI=1S/C25H22N2O4/c1-3-31-23(28)22-20-10-5-4-8-18(20)16-21(26-22)19-9-6-7-17(15-19)11-12-25(30)13-14-27(2)24(25)29/h4-10,15-16,30H,3,13-14H2,1-2H3. The Balaban J connectivity index is 1.74. The lowest BCUT2D eigenvalue weighted by molar-refractivity contribution is -0.137. The molecule has 0 radical (unpaired) electrons. The Morgan fingerprint density at radius 2 is 2.03 bits per heavy atom. The zero-order valence-electron chi connectivity index (χ0n) is 17.4. The summed E-state index contributed by atoms with van der Waals surface area (Å²) in [6.07, 6.45) is 0.282. The molecule has 1 aliphatic rings. The second-order valence-electron chi connectivity index (χ2n) is 7.47. The summed E-state index contributed by atoms with van der Waals surface area (Å²) in [5, 5.41) is 12.1. The molecule has 0 aliphatic carbocycles. The second-order valence-corrected chi connectivity index (χ2v) is 7.47. The second kappa shape index (κ2) is 8.21. The fourth-order valence-electron chi connectivity index (χ4n) is 3.60. The van der Waals surface area contributed by atoms with E-state index in [1.165, 1.54) is 4.90 Å². The molecular weight excluding hydrogens is 392 g/mol. The van der Waals surface area contributed by atoms with Crippen LogP contribution < -0.4 is 0 Å². The summed E-state index contributed by atoms with van der Waals surface area (Å²) in [6.45, 7) is 2.50. The number of rotatable bonds is 3. The first-order valence-electron chi connectivity index (χ1n) is 10.1. The van der Waals surface area contributed by atoms with E-state index in [0.717, 1.165) is 16.3 Å². The van der Waals surface area contributed by atoms with Gasteiger partial charge in [-0.1, -0.05) is 48.2 Å². The number of amides is 1. The summed E-state index contributed by atoms with van der Waals surface area (Å²) >= 11 is 0. The molecule has 1 amide bonds. The zero-order valence-corrected chi connectivity index (χ0v) is 17.4. The number of ether oxygens (including phenoxy) is 1. The Morgan fingerprint density at radius 1 is 1.23 bits per heavy atom. The van der Waals surface area contributed by atoms with Gasteiger partial charge in [0.1, 0.15) is 0 Å².